The SMILES string of the molecule is CCOC(=O)N1CCN(C(=O)c2cc(-c3ccc(C)c(C)c3)nn2-c2ccc(F)cc2)CC1. The number of hydrogen-bond donors (Lipinski definition) is 0. The third kappa shape index (κ3) is 4.74. The number of aryl methyl sites for hydroxylation is 2. The number of piperazine rings is 1. The van der Waals surface area contributed by atoms with Gasteiger partial charge in [-0.3, -0.25) is 4.79 Å². The number of rotatable bonds is 4. The quantitative estimate of drug-likeness (QED) is 0.597. The highest BCUT2D eigenvalue weighted by molar-refractivity contribution is 5.94. The van der Waals surface area contributed by atoms with E-state index < -0.39 is 0 Å². The Hall–Kier alpha value is -3.68. The molecule has 0 unspecified atom stereocenters. The zero-order valence-corrected chi connectivity index (χ0v) is 19.0. The van der Waals surface area contributed by atoms with Gasteiger partial charge in [0.15, 0.2) is 0 Å². The molecule has 0 N–H and O–H groups in total. The van der Waals surface area contributed by atoms with Gasteiger partial charge in [0, 0.05) is 31.7 Å². The third-order valence-corrected chi connectivity index (χ3v) is 5.90. The van der Waals surface area contributed by atoms with Crippen molar-refractivity contribution in [2.75, 3.05) is 32.8 Å². The van der Waals surface area contributed by atoms with Gasteiger partial charge in [-0.15, -0.1) is 0 Å². The minimum absolute atomic E-state index is 0.189. The first kappa shape index (κ1) is 22.5. The van der Waals surface area contributed by atoms with Gasteiger partial charge in [0.05, 0.1) is 18.0 Å². The molecule has 2 amide bonds. The summed E-state index contributed by atoms with van der Waals surface area (Å²) in [7, 11) is 0. The van der Waals surface area contributed by atoms with Crippen LogP contribution in [0.5, 0.6) is 0 Å². The van der Waals surface area contributed by atoms with Crippen molar-refractivity contribution >= 4 is 12.0 Å². The fourth-order valence-corrected chi connectivity index (χ4v) is 3.82. The summed E-state index contributed by atoms with van der Waals surface area (Å²) in [5.41, 5.74) is 4.86. The van der Waals surface area contributed by atoms with Crippen molar-refractivity contribution in [3.8, 4) is 16.9 Å². The summed E-state index contributed by atoms with van der Waals surface area (Å²) in [5, 5.41) is 4.70. The van der Waals surface area contributed by atoms with Crippen LogP contribution in [0.15, 0.2) is 48.5 Å². The Bertz CT molecular complexity index is 1160. The summed E-state index contributed by atoms with van der Waals surface area (Å²) < 4.78 is 20.1. The van der Waals surface area contributed by atoms with Crippen molar-refractivity contribution in [3.63, 3.8) is 0 Å². The first-order chi connectivity index (χ1) is 15.9. The molecule has 1 saturated heterocycles. The van der Waals surface area contributed by atoms with E-state index in [2.05, 4.69) is 0 Å². The molecule has 33 heavy (non-hydrogen) atoms. The van der Waals surface area contributed by atoms with Crippen LogP contribution in [0, 0.1) is 19.7 Å². The van der Waals surface area contributed by atoms with E-state index in [9.17, 15) is 14.0 Å². The largest absolute Gasteiger partial charge is 0.450 e. The number of carbonyl (C=O) groups is 2. The number of nitrogens with zero attached hydrogens (tertiary/aromatic N) is 4. The number of ether oxygens (including phenoxy) is 1. The van der Waals surface area contributed by atoms with E-state index in [4.69, 9.17) is 9.84 Å². The summed E-state index contributed by atoms with van der Waals surface area (Å²) in [6.45, 7) is 7.75. The molecule has 0 spiro atoms. The lowest BCUT2D eigenvalue weighted by atomic mass is 10.0. The molecule has 2 heterocycles. The Morgan fingerprint density at radius 3 is 2.24 bits per heavy atom. The van der Waals surface area contributed by atoms with Crippen LogP contribution in [0.2, 0.25) is 0 Å². The second kappa shape index (κ2) is 9.44. The monoisotopic (exact) mass is 450 g/mol. The van der Waals surface area contributed by atoms with Gasteiger partial charge in [0.25, 0.3) is 5.91 Å². The second-order valence-electron chi connectivity index (χ2n) is 8.08. The number of amides is 2. The first-order valence-electron chi connectivity index (χ1n) is 11.0. The first-order valence-corrected chi connectivity index (χ1v) is 11.0. The maximum Gasteiger partial charge on any atom is 0.409 e. The van der Waals surface area contributed by atoms with Crippen molar-refractivity contribution in [2.24, 2.45) is 0 Å². The van der Waals surface area contributed by atoms with Gasteiger partial charge in [-0.1, -0.05) is 12.1 Å². The highest BCUT2D eigenvalue weighted by Gasteiger charge is 2.28. The highest BCUT2D eigenvalue weighted by atomic mass is 19.1. The number of carbonyl (C=O) groups excluding carboxylic acids is 2. The molecule has 4 rings (SSSR count). The van der Waals surface area contributed by atoms with Crippen molar-refractivity contribution in [1.29, 1.82) is 0 Å². The molecule has 1 aliphatic rings. The fraction of sp³-hybridized carbons (Fsp3) is 0.320. The van der Waals surface area contributed by atoms with Gasteiger partial charge in [-0.2, -0.15) is 5.10 Å². The van der Waals surface area contributed by atoms with E-state index in [1.165, 1.54) is 17.7 Å². The Kier molecular flexibility index (Phi) is 6.44. The molecule has 7 nitrogen and oxygen atoms in total. The average molecular weight is 451 g/mol. The van der Waals surface area contributed by atoms with Crippen LogP contribution in [-0.2, 0) is 4.74 Å². The Balaban J connectivity index is 1.65. The van der Waals surface area contributed by atoms with Gasteiger partial charge in [-0.05, 0) is 68.3 Å². The molecule has 1 aliphatic heterocycles. The molecular formula is C25H27FN4O3. The van der Waals surface area contributed by atoms with Crippen LogP contribution < -0.4 is 0 Å². The summed E-state index contributed by atoms with van der Waals surface area (Å²) in [6, 6.07) is 13.7. The van der Waals surface area contributed by atoms with E-state index >= 15 is 0 Å². The zero-order chi connectivity index (χ0) is 23.5. The minimum Gasteiger partial charge on any atom is -0.450 e. The Labute approximate surface area is 192 Å². The second-order valence-corrected chi connectivity index (χ2v) is 8.08. The van der Waals surface area contributed by atoms with Crippen molar-refractivity contribution in [1.82, 2.24) is 19.6 Å². The summed E-state index contributed by atoms with van der Waals surface area (Å²) >= 11 is 0. The zero-order valence-electron chi connectivity index (χ0n) is 19.0. The van der Waals surface area contributed by atoms with Crippen molar-refractivity contribution in [2.45, 2.75) is 20.8 Å². The molecule has 0 bridgehead atoms. The number of benzene rings is 2. The molecule has 0 aliphatic carbocycles. The van der Waals surface area contributed by atoms with Crippen molar-refractivity contribution < 1.29 is 18.7 Å². The maximum atomic E-state index is 13.5. The van der Waals surface area contributed by atoms with Crippen LogP contribution >= 0.6 is 0 Å². The highest BCUT2D eigenvalue weighted by Crippen LogP contribution is 2.25. The smallest absolute Gasteiger partial charge is 0.409 e. The maximum absolute atomic E-state index is 13.5. The van der Waals surface area contributed by atoms with Crippen molar-refractivity contribution in [3.05, 3.63) is 71.2 Å². The van der Waals surface area contributed by atoms with E-state index in [1.807, 2.05) is 32.0 Å². The van der Waals surface area contributed by atoms with Crippen LogP contribution in [0.4, 0.5) is 9.18 Å². The molecule has 0 radical (unpaired) electrons. The lowest BCUT2D eigenvalue weighted by Gasteiger charge is -2.34. The molecule has 1 aromatic heterocycles. The summed E-state index contributed by atoms with van der Waals surface area (Å²) in [6.07, 6.45) is -0.363. The molecule has 2 aromatic carbocycles. The molecule has 0 saturated carbocycles. The number of aromatic nitrogens is 2. The molecular weight excluding hydrogens is 423 g/mol. The van der Waals surface area contributed by atoms with Crippen LogP contribution in [0.25, 0.3) is 16.9 Å². The van der Waals surface area contributed by atoms with Crippen LogP contribution in [-0.4, -0.2) is 64.4 Å². The normalized spacial score (nSPS) is 13.8. The van der Waals surface area contributed by atoms with Gasteiger partial charge in [0.2, 0.25) is 0 Å². The lowest BCUT2D eigenvalue weighted by Crippen LogP contribution is -2.51. The fourth-order valence-electron chi connectivity index (χ4n) is 3.82. The molecule has 8 heteroatoms. The summed E-state index contributed by atoms with van der Waals surface area (Å²) in [4.78, 5) is 28.8. The van der Waals surface area contributed by atoms with Crippen LogP contribution in [0.1, 0.15) is 28.5 Å². The third-order valence-electron chi connectivity index (χ3n) is 5.90. The molecule has 0 atom stereocenters. The molecule has 1 fully saturated rings. The number of hydrogen-bond acceptors (Lipinski definition) is 4. The van der Waals surface area contributed by atoms with E-state index in [1.54, 1.807) is 39.6 Å². The topological polar surface area (TPSA) is 67.7 Å². The predicted octanol–water partition coefficient (Wildman–Crippen LogP) is 4.21. The molecule has 172 valence electrons. The number of halogens is 1. The van der Waals surface area contributed by atoms with Gasteiger partial charge in [0.1, 0.15) is 11.5 Å². The van der Waals surface area contributed by atoms with E-state index in [-0.39, 0.29) is 17.8 Å². The van der Waals surface area contributed by atoms with E-state index in [0.717, 1.165) is 11.1 Å². The predicted molar refractivity (Wildman–Crippen MR) is 123 cm³/mol. The summed E-state index contributed by atoms with van der Waals surface area (Å²) in [5.74, 6) is -0.548. The standard InChI is InChI=1S/C25H27FN4O3/c1-4-33-25(32)29-13-11-28(12-14-29)24(31)23-16-22(19-6-5-17(2)18(3)15-19)27-30(23)21-9-7-20(26)8-10-21/h5-10,15-16H,4,11-14H2,1-3H3. The lowest BCUT2D eigenvalue weighted by molar-refractivity contribution is 0.0563. The Morgan fingerprint density at radius 1 is 0.939 bits per heavy atom. The average Bonchev–Trinajstić information content (AvgIpc) is 3.26. The van der Waals surface area contributed by atoms with Gasteiger partial charge >= 0.3 is 6.09 Å². The van der Waals surface area contributed by atoms with Crippen LogP contribution in [0.3, 0.4) is 0 Å². The molecule has 3 aromatic rings. The Morgan fingerprint density at radius 2 is 1.61 bits per heavy atom. The van der Waals surface area contributed by atoms with Gasteiger partial charge < -0.3 is 14.5 Å². The van der Waals surface area contributed by atoms with Gasteiger partial charge in [-0.25, -0.2) is 13.9 Å². The minimum atomic E-state index is -0.363. The van der Waals surface area contributed by atoms with E-state index in [0.29, 0.717) is 49.9 Å².